The maximum atomic E-state index is 3.95. The van der Waals surface area contributed by atoms with Gasteiger partial charge in [-0.25, -0.2) is 9.97 Å². The Morgan fingerprint density at radius 2 is 1.89 bits per heavy atom. The molecule has 0 fully saturated rings. The fraction of sp³-hybridized carbons (Fsp3) is 0.333. The van der Waals surface area contributed by atoms with Crippen LogP contribution in [0.25, 0.3) is 0 Å². The summed E-state index contributed by atoms with van der Waals surface area (Å²) < 4.78 is 0. The van der Waals surface area contributed by atoms with Crippen LogP contribution in [0.1, 0.15) is 7.43 Å². The molecule has 0 aliphatic rings. The Morgan fingerprint density at radius 3 is 2.22 bits per heavy atom. The minimum atomic E-state index is 0. The van der Waals surface area contributed by atoms with Crippen molar-refractivity contribution < 1.29 is 0 Å². The van der Waals surface area contributed by atoms with Crippen molar-refractivity contribution in [3.05, 3.63) is 18.5 Å². The summed E-state index contributed by atoms with van der Waals surface area (Å²) in [6.45, 7) is 0. The molecule has 0 amide bonds. The molecule has 1 rings (SSSR count). The van der Waals surface area contributed by atoms with Gasteiger partial charge in [-0.05, 0) is 12.3 Å². The third-order valence-electron chi connectivity index (χ3n) is 0.725. The van der Waals surface area contributed by atoms with Crippen LogP contribution in [-0.4, -0.2) is 16.2 Å². The van der Waals surface area contributed by atoms with Gasteiger partial charge in [0.05, 0.1) is 0 Å². The largest absolute Gasteiger partial charge is 0.231 e. The smallest absolute Gasteiger partial charge is 0.187 e. The van der Waals surface area contributed by atoms with Crippen LogP contribution in [-0.2, 0) is 0 Å². The highest BCUT2D eigenvalue weighted by Gasteiger charge is 1.84. The van der Waals surface area contributed by atoms with Crippen molar-refractivity contribution >= 4 is 11.8 Å². The van der Waals surface area contributed by atoms with E-state index in [9.17, 15) is 0 Å². The second kappa shape index (κ2) is 4.32. The van der Waals surface area contributed by atoms with E-state index < -0.39 is 0 Å². The van der Waals surface area contributed by atoms with Crippen LogP contribution >= 0.6 is 11.8 Å². The quantitative estimate of drug-likeness (QED) is 0.442. The van der Waals surface area contributed by atoms with Crippen molar-refractivity contribution in [3.63, 3.8) is 0 Å². The van der Waals surface area contributed by atoms with E-state index >= 15 is 0 Å². The lowest BCUT2D eigenvalue weighted by atomic mass is 10.7. The molecule has 0 atom stereocenters. The van der Waals surface area contributed by atoms with Gasteiger partial charge in [0, 0.05) is 12.4 Å². The van der Waals surface area contributed by atoms with Gasteiger partial charge in [-0.1, -0.05) is 19.2 Å². The number of hydrogen-bond donors (Lipinski definition) is 0. The Kier molecular flexibility index (Phi) is 4.05. The van der Waals surface area contributed by atoms with E-state index in [-0.39, 0.29) is 7.43 Å². The van der Waals surface area contributed by atoms with E-state index in [1.165, 1.54) is 0 Å². The molecule has 1 aromatic rings. The monoisotopic (exact) mass is 142 g/mol. The molecule has 1 heterocycles. The Bertz CT molecular complexity index is 152. The first-order valence-electron chi connectivity index (χ1n) is 2.24. The zero-order valence-corrected chi connectivity index (χ0v) is 5.35. The molecule has 50 valence electrons. The van der Waals surface area contributed by atoms with Crippen LogP contribution in [0, 0.1) is 0 Å². The summed E-state index contributed by atoms with van der Waals surface area (Å²) in [6.07, 6.45) is 5.42. The second-order valence-corrected chi connectivity index (χ2v) is 2.01. The summed E-state index contributed by atoms with van der Waals surface area (Å²) >= 11 is 1.55. The molecule has 0 saturated heterocycles. The van der Waals surface area contributed by atoms with Crippen molar-refractivity contribution in [1.82, 2.24) is 9.97 Å². The molecule has 0 spiro atoms. The second-order valence-electron chi connectivity index (χ2n) is 1.24. The zero-order chi connectivity index (χ0) is 5.82. The molecule has 0 N–H and O–H groups in total. The minimum Gasteiger partial charge on any atom is -0.231 e. The van der Waals surface area contributed by atoms with Crippen molar-refractivity contribution in [2.75, 3.05) is 6.26 Å². The number of nitrogens with zero attached hydrogens (tertiary/aromatic N) is 2. The van der Waals surface area contributed by atoms with Crippen molar-refractivity contribution in [2.45, 2.75) is 12.6 Å². The predicted octanol–water partition coefficient (Wildman–Crippen LogP) is 1.83. The van der Waals surface area contributed by atoms with Crippen LogP contribution in [0.5, 0.6) is 0 Å². The molecule has 9 heavy (non-hydrogen) atoms. The van der Waals surface area contributed by atoms with E-state index in [0.29, 0.717) is 0 Å². The maximum Gasteiger partial charge on any atom is 0.187 e. The average molecular weight is 142 g/mol. The summed E-state index contributed by atoms with van der Waals surface area (Å²) in [6, 6.07) is 1.81. The molecule has 2 nitrogen and oxygen atoms in total. The Balaban J connectivity index is 0.000000640. The Hall–Kier alpha value is -0.570. The van der Waals surface area contributed by atoms with Crippen LogP contribution in [0.2, 0.25) is 0 Å². The molecule has 0 unspecified atom stereocenters. The number of hydrogen-bond acceptors (Lipinski definition) is 3. The molecule has 0 aromatic carbocycles. The number of thioether (sulfide) groups is 1. The van der Waals surface area contributed by atoms with Gasteiger partial charge in [-0.15, -0.1) is 0 Å². The first-order chi connectivity index (χ1) is 3.93. The van der Waals surface area contributed by atoms with Crippen LogP contribution in [0.3, 0.4) is 0 Å². The Morgan fingerprint density at radius 1 is 1.33 bits per heavy atom. The first-order valence-corrected chi connectivity index (χ1v) is 3.47. The van der Waals surface area contributed by atoms with E-state index in [1.54, 1.807) is 30.2 Å². The SMILES string of the molecule is C.CSc1ncccn1. The molecular formula is C6H10N2S. The number of rotatable bonds is 1. The van der Waals surface area contributed by atoms with E-state index in [0.717, 1.165) is 5.16 Å². The van der Waals surface area contributed by atoms with Gasteiger partial charge >= 0.3 is 0 Å². The van der Waals surface area contributed by atoms with Gasteiger partial charge < -0.3 is 0 Å². The molecule has 0 bridgehead atoms. The highest BCUT2D eigenvalue weighted by atomic mass is 32.2. The standard InChI is InChI=1S/C5H6N2S.CH4/c1-8-5-6-3-2-4-7-5;/h2-4H,1H3;1H4. The summed E-state index contributed by atoms with van der Waals surface area (Å²) in [7, 11) is 0. The number of aromatic nitrogens is 2. The van der Waals surface area contributed by atoms with Crippen LogP contribution in [0.15, 0.2) is 23.6 Å². The van der Waals surface area contributed by atoms with E-state index in [1.807, 2.05) is 6.26 Å². The topological polar surface area (TPSA) is 25.8 Å². The average Bonchev–Trinajstić information content (AvgIpc) is 1.90. The molecule has 0 saturated carbocycles. The third kappa shape index (κ3) is 2.46. The summed E-state index contributed by atoms with van der Waals surface area (Å²) in [5.41, 5.74) is 0. The molecule has 0 aliphatic carbocycles. The van der Waals surface area contributed by atoms with Crippen molar-refractivity contribution in [1.29, 1.82) is 0 Å². The summed E-state index contributed by atoms with van der Waals surface area (Å²) in [5, 5.41) is 0.826. The molecule has 0 aliphatic heterocycles. The van der Waals surface area contributed by atoms with Crippen LogP contribution < -0.4 is 0 Å². The lowest BCUT2D eigenvalue weighted by molar-refractivity contribution is 0.970. The van der Waals surface area contributed by atoms with Gasteiger partial charge in [-0.3, -0.25) is 0 Å². The normalized spacial score (nSPS) is 8.11. The van der Waals surface area contributed by atoms with Gasteiger partial charge in [0.1, 0.15) is 0 Å². The van der Waals surface area contributed by atoms with E-state index in [4.69, 9.17) is 0 Å². The van der Waals surface area contributed by atoms with Crippen molar-refractivity contribution in [3.8, 4) is 0 Å². The van der Waals surface area contributed by atoms with Crippen molar-refractivity contribution in [2.24, 2.45) is 0 Å². The van der Waals surface area contributed by atoms with E-state index in [2.05, 4.69) is 9.97 Å². The van der Waals surface area contributed by atoms with Gasteiger partial charge in [0.15, 0.2) is 5.16 Å². The lowest BCUT2D eigenvalue weighted by Crippen LogP contribution is -1.79. The van der Waals surface area contributed by atoms with Gasteiger partial charge in [0.2, 0.25) is 0 Å². The van der Waals surface area contributed by atoms with Gasteiger partial charge in [0.25, 0.3) is 0 Å². The zero-order valence-electron chi connectivity index (χ0n) is 4.53. The summed E-state index contributed by atoms with van der Waals surface area (Å²) in [4.78, 5) is 7.90. The van der Waals surface area contributed by atoms with Crippen LogP contribution in [0.4, 0.5) is 0 Å². The molecule has 0 radical (unpaired) electrons. The predicted molar refractivity (Wildman–Crippen MR) is 40.5 cm³/mol. The molecular weight excluding hydrogens is 132 g/mol. The highest BCUT2D eigenvalue weighted by Crippen LogP contribution is 2.03. The Labute approximate surface area is 59.7 Å². The van der Waals surface area contributed by atoms with Gasteiger partial charge in [-0.2, -0.15) is 0 Å². The first kappa shape index (κ1) is 8.43. The lowest BCUT2D eigenvalue weighted by Gasteiger charge is -1.87. The minimum absolute atomic E-state index is 0. The third-order valence-corrected chi connectivity index (χ3v) is 1.30. The maximum absolute atomic E-state index is 3.95. The fourth-order valence-corrected chi connectivity index (χ4v) is 0.723. The highest BCUT2D eigenvalue weighted by molar-refractivity contribution is 7.98. The summed E-state index contributed by atoms with van der Waals surface area (Å²) in [5.74, 6) is 0. The molecule has 3 heteroatoms. The molecule has 1 aromatic heterocycles. The fourth-order valence-electron chi connectivity index (χ4n) is 0.391.